The Morgan fingerprint density at radius 3 is 2.41 bits per heavy atom. The highest BCUT2D eigenvalue weighted by Gasteiger charge is 2.31. The lowest BCUT2D eigenvalue weighted by Crippen LogP contribution is -2.20. The monoisotopic (exact) mass is 479 g/mol. The van der Waals surface area contributed by atoms with Crippen molar-refractivity contribution in [2.24, 2.45) is 0 Å². The number of benzene rings is 2. The lowest BCUT2D eigenvalue weighted by molar-refractivity contribution is -0.491. The van der Waals surface area contributed by atoms with Crippen molar-refractivity contribution in [2.45, 2.75) is 32.3 Å². The Balaban J connectivity index is 2.08. The quantitative estimate of drug-likeness (QED) is 0.325. The van der Waals surface area contributed by atoms with Gasteiger partial charge in [-0.15, -0.1) is 0 Å². The molecule has 0 aromatic heterocycles. The fourth-order valence-corrected chi connectivity index (χ4v) is 4.03. The third-order valence-corrected chi connectivity index (χ3v) is 5.70. The summed E-state index contributed by atoms with van der Waals surface area (Å²) in [6.07, 6.45) is -0.652. The minimum Gasteiger partial charge on any atom is -0.497 e. The summed E-state index contributed by atoms with van der Waals surface area (Å²) in [4.78, 5) is 10.8. The Labute approximate surface area is 172 Å². The van der Waals surface area contributed by atoms with Crippen molar-refractivity contribution in [3.8, 4) is 5.75 Å². The molecular weight excluding hydrogens is 457 g/mol. The van der Waals surface area contributed by atoms with E-state index in [0.717, 1.165) is 20.3 Å². The van der Waals surface area contributed by atoms with Crippen LogP contribution in [-0.4, -0.2) is 18.6 Å². The Hall–Kier alpha value is -2.09. The highest BCUT2D eigenvalue weighted by molar-refractivity contribution is 14.1. The number of hydrogen-bond donors (Lipinski definition) is 0. The number of nitro groups is 1. The molecule has 0 radical (unpaired) electrons. The fraction of sp³-hybridized carbons (Fsp3) is 0.333. The van der Waals surface area contributed by atoms with E-state index < -0.39 is 6.10 Å². The van der Waals surface area contributed by atoms with E-state index in [0.29, 0.717) is 11.5 Å². The first-order valence-corrected chi connectivity index (χ1v) is 9.76. The van der Waals surface area contributed by atoms with Gasteiger partial charge < -0.3 is 9.47 Å². The zero-order valence-corrected chi connectivity index (χ0v) is 17.9. The second-order valence-corrected chi connectivity index (χ2v) is 8.62. The molecule has 1 aliphatic rings. The summed E-state index contributed by atoms with van der Waals surface area (Å²) < 4.78 is 12.3. The van der Waals surface area contributed by atoms with Crippen molar-refractivity contribution < 1.29 is 14.4 Å². The number of halogens is 1. The molecule has 2 aromatic carbocycles. The Morgan fingerprint density at radius 1 is 1.19 bits per heavy atom. The molecule has 1 unspecified atom stereocenters. The summed E-state index contributed by atoms with van der Waals surface area (Å²) in [5.41, 5.74) is 3.94. The molecule has 0 bridgehead atoms. The molecule has 0 amide bonds. The predicted octanol–water partition coefficient (Wildman–Crippen LogP) is 5.60. The zero-order valence-electron chi connectivity index (χ0n) is 15.8. The van der Waals surface area contributed by atoms with Gasteiger partial charge in [-0.1, -0.05) is 45.0 Å². The number of rotatable bonds is 4. The molecule has 3 rings (SSSR count). The van der Waals surface area contributed by atoms with Gasteiger partial charge in [-0.3, -0.25) is 10.1 Å². The lowest BCUT2D eigenvalue weighted by atomic mass is 9.86. The molecule has 142 valence electrons. The van der Waals surface area contributed by atoms with Gasteiger partial charge in [-0.25, -0.2) is 0 Å². The molecule has 0 fully saturated rings. The average molecular weight is 479 g/mol. The fourth-order valence-electron chi connectivity index (χ4n) is 3.10. The topological polar surface area (TPSA) is 61.6 Å². The van der Waals surface area contributed by atoms with Crippen LogP contribution in [0.5, 0.6) is 5.75 Å². The molecule has 0 spiro atoms. The van der Waals surface area contributed by atoms with Gasteiger partial charge in [-0.2, -0.15) is 0 Å². The van der Waals surface area contributed by atoms with E-state index >= 15 is 0 Å². The number of methoxy groups -OCH3 is 1. The first-order valence-electron chi connectivity index (χ1n) is 8.68. The van der Waals surface area contributed by atoms with Crippen LogP contribution in [0.3, 0.4) is 0 Å². The molecule has 0 saturated heterocycles. The number of nitrogens with zero attached hydrogens (tertiary/aromatic N) is 1. The van der Waals surface area contributed by atoms with Gasteiger partial charge in [-0.05, 0) is 57.3 Å². The van der Waals surface area contributed by atoms with Crippen molar-refractivity contribution in [1.82, 2.24) is 0 Å². The molecule has 27 heavy (non-hydrogen) atoms. The van der Waals surface area contributed by atoms with Gasteiger partial charge in [0.25, 0.3) is 0 Å². The first-order chi connectivity index (χ1) is 12.7. The van der Waals surface area contributed by atoms with E-state index in [-0.39, 0.29) is 16.9 Å². The van der Waals surface area contributed by atoms with Crippen LogP contribution < -0.4 is 4.74 Å². The maximum atomic E-state index is 11.2. The van der Waals surface area contributed by atoms with Crippen molar-refractivity contribution >= 4 is 31.9 Å². The second-order valence-electron chi connectivity index (χ2n) is 7.55. The van der Waals surface area contributed by atoms with Gasteiger partial charge >= 0.3 is 0 Å². The minimum absolute atomic E-state index is 0.0603. The molecule has 1 atom stereocenters. The van der Waals surface area contributed by atoms with Crippen LogP contribution in [0.25, 0.3) is 9.34 Å². The molecule has 1 aliphatic heterocycles. The summed E-state index contributed by atoms with van der Waals surface area (Å²) in [5.74, 6) is 1.34. The summed E-state index contributed by atoms with van der Waals surface area (Å²) in [6.45, 7) is 6.20. The highest BCUT2D eigenvalue weighted by Crippen LogP contribution is 2.45. The maximum absolute atomic E-state index is 11.2. The minimum atomic E-state index is -0.652. The van der Waals surface area contributed by atoms with Crippen molar-refractivity contribution in [1.29, 1.82) is 0 Å². The normalized spacial score (nSPS) is 16.6. The molecule has 5 nitrogen and oxygen atoms in total. The number of ether oxygens (including phenoxy) is 2. The number of hydrogen-bond acceptors (Lipinski definition) is 4. The zero-order chi connectivity index (χ0) is 19.8. The SMILES string of the molecule is COc1ccc2c(c1)C(C[N+](=O)[O-])OC(c1ccc(C(C)(C)C)cc1)=C2I. The lowest BCUT2D eigenvalue weighted by Gasteiger charge is -2.28. The van der Waals surface area contributed by atoms with Crippen molar-refractivity contribution in [3.63, 3.8) is 0 Å². The van der Waals surface area contributed by atoms with Crippen LogP contribution in [0.1, 0.15) is 49.1 Å². The first kappa shape index (κ1) is 19.7. The van der Waals surface area contributed by atoms with Gasteiger partial charge in [0, 0.05) is 16.1 Å². The van der Waals surface area contributed by atoms with E-state index in [2.05, 4.69) is 55.5 Å². The van der Waals surface area contributed by atoms with Crippen LogP contribution >= 0.6 is 22.6 Å². The second kappa shape index (κ2) is 7.50. The highest BCUT2D eigenvalue weighted by atomic mass is 127. The standard InChI is InChI=1S/C21H22INO4/c1-21(2,3)14-7-5-13(6-8-14)20-19(22)16-10-9-15(26-4)11-17(16)18(27-20)12-23(24)25/h5-11,18H,12H2,1-4H3. The van der Waals surface area contributed by atoms with E-state index in [4.69, 9.17) is 9.47 Å². The molecular formula is C21H22INO4. The molecule has 6 heteroatoms. The Kier molecular flexibility index (Phi) is 5.46. The van der Waals surface area contributed by atoms with Gasteiger partial charge in [0.2, 0.25) is 6.54 Å². The van der Waals surface area contributed by atoms with Gasteiger partial charge in [0.15, 0.2) is 6.10 Å². The Bertz CT molecular complexity index is 897. The summed E-state index contributed by atoms with van der Waals surface area (Å²) >= 11 is 2.25. The van der Waals surface area contributed by atoms with E-state index in [1.165, 1.54) is 5.56 Å². The third kappa shape index (κ3) is 4.10. The Morgan fingerprint density at radius 2 is 1.85 bits per heavy atom. The summed E-state index contributed by atoms with van der Waals surface area (Å²) in [6, 6.07) is 13.8. The predicted molar refractivity (Wildman–Crippen MR) is 115 cm³/mol. The summed E-state index contributed by atoms with van der Waals surface area (Å²) in [5, 5.41) is 11.2. The van der Waals surface area contributed by atoms with Gasteiger partial charge in [0.1, 0.15) is 11.5 Å². The van der Waals surface area contributed by atoms with E-state index in [1.54, 1.807) is 7.11 Å². The van der Waals surface area contributed by atoms with Crippen LogP contribution in [0.15, 0.2) is 42.5 Å². The van der Waals surface area contributed by atoms with Crippen molar-refractivity contribution in [3.05, 3.63) is 74.8 Å². The third-order valence-electron chi connectivity index (χ3n) is 4.63. The molecule has 0 saturated carbocycles. The van der Waals surface area contributed by atoms with Crippen LogP contribution in [0, 0.1) is 10.1 Å². The van der Waals surface area contributed by atoms with E-state index in [9.17, 15) is 10.1 Å². The molecule has 2 aromatic rings. The smallest absolute Gasteiger partial charge is 0.244 e. The van der Waals surface area contributed by atoms with Gasteiger partial charge in [0.05, 0.1) is 10.7 Å². The molecule has 0 aliphatic carbocycles. The summed E-state index contributed by atoms with van der Waals surface area (Å²) in [7, 11) is 1.58. The van der Waals surface area contributed by atoms with Crippen LogP contribution in [0.2, 0.25) is 0 Å². The maximum Gasteiger partial charge on any atom is 0.244 e. The largest absolute Gasteiger partial charge is 0.497 e. The van der Waals surface area contributed by atoms with Crippen LogP contribution in [0.4, 0.5) is 0 Å². The van der Waals surface area contributed by atoms with Crippen LogP contribution in [-0.2, 0) is 10.2 Å². The number of fused-ring (bicyclic) bond motifs is 1. The van der Waals surface area contributed by atoms with E-state index in [1.807, 2.05) is 30.3 Å². The average Bonchev–Trinajstić information content (AvgIpc) is 2.62. The molecule has 0 N–H and O–H groups in total. The molecule has 1 heterocycles. The van der Waals surface area contributed by atoms with Crippen molar-refractivity contribution in [2.75, 3.05) is 13.7 Å².